The van der Waals surface area contributed by atoms with E-state index in [1.807, 2.05) is 84.9 Å². The van der Waals surface area contributed by atoms with Crippen LogP contribution in [-0.4, -0.2) is 29.2 Å². The second-order valence-electron chi connectivity index (χ2n) is 8.50. The Balaban J connectivity index is 1.54. The van der Waals surface area contributed by atoms with E-state index in [2.05, 4.69) is 5.16 Å². The lowest BCUT2D eigenvalue weighted by molar-refractivity contribution is -0.0200. The number of carbonyl (C=O) groups excluding carboxylic acids is 1. The van der Waals surface area contributed by atoms with Crippen LogP contribution in [0.4, 0.5) is 0 Å². The topological polar surface area (TPSA) is 60.8 Å². The van der Waals surface area contributed by atoms with Crippen LogP contribution in [0.15, 0.2) is 90.1 Å². The van der Waals surface area contributed by atoms with E-state index in [1.165, 1.54) is 0 Å². The first-order valence-electron chi connectivity index (χ1n) is 11.1. The molecule has 2 aliphatic rings. The minimum Gasteiger partial charge on any atom is -0.496 e. The standard InChI is InChI=1S/C28H22N2O3/c1-32-24-14-8-6-12-20(24)25-26(18-9-3-2-4-10-18)30-33-28(25)16-15-23-21(27(28)31)17-19-11-5-7-13-22(19)29-23/h2-14,17,25H,15-16H2,1H3/t25-,28-/m1/s1. The van der Waals surface area contributed by atoms with E-state index in [9.17, 15) is 4.79 Å². The van der Waals surface area contributed by atoms with Gasteiger partial charge in [-0.05, 0) is 24.6 Å². The Kier molecular flexibility index (Phi) is 4.50. The van der Waals surface area contributed by atoms with Crippen LogP contribution in [0.5, 0.6) is 5.75 Å². The number of hydrogen-bond acceptors (Lipinski definition) is 5. The zero-order valence-electron chi connectivity index (χ0n) is 18.2. The minimum absolute atomic E-state index is 0.0763. The van der Waals surface area contributed by atoms with Crippen molar-refractivity contribution in [3.63, 3.8) is 0 Å². The third kappa shape index (κ3) is 2.96. The summed E-state index contributed by atoms with van der Waals surface area (Å²) in [4.78, 5) is 25.1. The van der Waals surface area contributed by atoms with Gasteiger partial charge in [0.15, 0.2) is 0 Å². The lowest BCUT2D eigenvalue weighted by Crippen LogP contribution is -2.48. The molecule has 0 fully saturated rings. The van der Waals surface area contributed by atoms with E-state index in [1.54, 1.807) is 7.11 Å². The fraction of sp³-hybridized carbons (Fsp3) is 0.179. The summed E-state index contributed by atoms with van der Waals surface area (Å²) in [5.41, 5.74) is 3.76. The van der Waals surface area contributed by atoms with Gasteiger partial charge < -0.3 is 9.57 Å². The van der Waals surface area contributed by atoms with Crippen LogP contribution in [0.3, 0.4) is 0 Å². The number of para-hydroxylation sites is 2. The van der Waals surface area contributed by atoms with Crippen LogP contribution >= 0.6 is 0 Å². The molecule has 2 heterocycles. The molecule has 0 unspecified atom stereocenters. The van der Waals surface area contributed by atoms with Crippen LogP contribution in [0.2, 0.25) is 0 Å². The number of oxime groups is 1. The van der Waals surface area contributed by atoms with Crippen LogP contribution in [0, 0.1) is 0 Å². The molecule has 4 aromatic rings. The zero-order chi connectivity index (χ0) is 22.4. The van der Waals surface area contributed by atoms with Gasteiger partial charge in [-0.25, -0.2) is 0 Å². The summed E-state index contributed by atoms with van der Waals surface area (Å²) in [5.74, 6) is 0.238. The second-order valence-corrected chi connectivity index (χ2v) is 8.50. The number of ketones is 1. The summed E-state index contributed by atoms with van der Waals surface area (Å²) in [6.07, 6.45) is 1.13. The van der Waals surface area contributed by atoms with Crippen molar-refractivity contribution in [3.05, 3.63) is 107 Å². The number of rotatable bonds is 3. The Labute approximate surface area is 191 Å². The van der Waals surface area contributed by atoms with E-state index >= 15 is 0 Å². The first-order valence-corrected chi connectivity index (χ1v) is 11.1. The highest BCUT2D eigenvalue weighted by molar-refractivity contribution is 6.15. The van der Waals surface area contributed by atoms with Crippen molar-refractivity contribution in [2.45, 2.75) is 24.4 Å². The quantitative estimate of drug-likeness (QED) is 0.437. The number of benzene rings is 3. The van der Waals surface area contributed by atoms with Crippen molar-refractivity contribution in [3.8, 4) is 5.75 Å². The molecule has 3 aromatic carbocycles. The molecule has 1 aromatic heterocycles. The zero-order valence-corrected chi connectivity index (χ0v) is 18.2. The first-order chi connectivity index (χ1) is 16.2. The maximum Gasteiger partial charge on any atom is 0.212 e. The van der Waals surface area contributed by atoms with Gasteiger partial charge >= 0.3 is 0 Å². The molecule has 6 rings (SSSR count). The Bertz CT molecular complexity index is 1410. The SMILES string of the molecule is COc1ccccc1[C@@H]1C(c2ccccc2)=NO[C@]12CCc1nc3ccccc3cc1C2=O. The van der Waals surface area contributed by atoms with Gasteiger partial charge in [-0.1, -0.05) is 71.9 Å². The molecule has 5 heteroatoms. The predicted octanol–water partition coefficient (Wildman–Crippen LogP) is 5.33. The number of methoxy groups -OCH3 is 1. The van der Waals surface area contributed by atoms with E-state index in [0.717, 1.165) is 33.4 Å². The average Bonchev–Trinajstić information content (AvgIpc) is 3.26. The molecule has 0 saturated heterocycles. The Hall–Kier alpha value is -3.99. The van der Waals surface area contributed by atoms with Gasteiger partial charge in [-0.3, -0.25) is 9.78 Å². The van der Waals surface area contributed by atoms with Gasteiger partial charge in [0.2, 0.25) is 11.4 Å². The van der Waals surface area contributed by atoms with Crippen LogP contribution in [0.1, 0.15) is 39.5 Å². The van der Waals surface area contributed by atoms with Crippen LogP contribution in [-0.2, 0) is 11.3 Å². The molecular weight excluding hydrogens is 412 g/mol. The number of ether oxygens (including phenoxy) is 1. The molecule has 1 aliphatic heterocycles. The average molecular weight is 434 g/mol. The Morgan fingerprint density at radius 2 is 1.73 bits per heavy atom. The molecule has 33 heavy (non-hydrogen) atoms. The summed E-state index contributed by atoms with van der Waals surface area (Å²) in [7, 11) is 1.65. The smallest absolute Gasteiger partial charge is 0.212 e. The number of pyridine rings is 1. The fourth-order valence-corrected chi connectivity index (χ4v) is 5.14. The Morgan fingerprint density at radius 1 is 0.970 bits per heavy atom. The van der Waals surface area contributed by atoms with Gasteiger partial charge in [0.1, 0.15) is 5.75 Å². The van der Waals surface area contributed by atoms with E-state index in [-0.39, 0.29) is 5.78 Å². The number of hydrogen-bond donors (Lipinski definition) is 0. The molecule has 2 atom stereocenters. The van der Waals surface area contributed by atoms with Crippen LogP contribution in [0.25, 0.3) is 10.9 Å². The largest absolute Gasteiger partial charge is 0.496 e. The molecule has 162 valence electrons. The highest BCUT2D eigenvalue weighted by Crippen LogP contribution is 2.49. The van der Waals surface area contributed by atoms with Gasteiger partial charge in [-0.15, -0.1) is 0 Å². The van der Waals surface area contributed by atoms with Gasteiger partial charge in [-0.2, -0.15) is 0 Å². The van der Waals surface area contributed by atoms with Crippen molar-refractivity contribution in [1.29, 1.82) is 0 Å². The second kappa shape index (κ2) is 7.55. The minimum atomic E-state index is -1.14. The third-order valence-corrected chi connectivity index (χ3v) is 6.73. The molecule has 5 nitrogen and oxygen atoms in total. The number of fused-ring (bicyclic) bond motifs is 2. The molecule has 0 N–H and O–H groups in total. The summed E-state index contributed by atoms with van der Waals surface area (Å²) < 4.78 is 5.70. The maximum absolute atomic E-state index is 14.2. The molecule has 0 radical (unpaired) electrons. The van der Waals surface area contributed by atoms with Gasteiger partial charge in [0.25, 0.3) is 0 Å². The molecule has 0 bridgehead atoms. The number of nitrogens with zero attached hydrogens (tertiary/aromatic N) is 2. The van der Waals surface area contributed by atoms with E-state index in [4.69, 9.17) is 14.6 Å². The van der Waals surface area contributed by atoms with Crippen molar-refractivity contribution >= 4 is 22.4 Å². The predicted molar refractivity (Wildman–Crippen MR) is 127 cm³/mol. The van der Waals surface area contributed by atoms with Gasteiger partial charge in [0, 0.05) is 28.5 Å². The Morgan fingerprint density at radius 3 is 2.58 bits per heavy atom. The molecular formula is C28H22N2O3. The van der Waals surface area contributed by atoms with E-state index < -0.39 is 11.5 Å². The summed E-state index contributed by atoms with van der Waals surface area (Å²) >= 11 is 0. The maximum atomic E-state index is 14.2. The molecule has 0 saturated carbocycles. The normalized spacial score (nSPS) is 21.5. The van der Waals surface area contributed by atoms with Crippen molar-refractivity contribution in [2.75, 3.05) is 7.11 Å². The summed E-state index contributed by atoms with van der Waals surface area (Å²) in [6, 6.07) is 27.5. The highest BCUT2D eigenvalue weighted by Gasteiger charge is 2.58. The molecule has 1 aliphatic carbocycles. The van der Waals surface area contributed by atoms with Gasteiger partial charge in [0.05, 0.1) is 30.0 Å². The lowest BCUT2D eigenvalue weighted by atomic mass is 9.68. The van der Waals surface area contributed by atoms with E-state index in [0.29, 0.717) is 24.2 Å². The number of aromatic nitrogens is 1. The first kappa shape index (κ1) is 19.7. The number of Topliss-reactive ketones (excluding diaryl/α,β-unsaturated/α-hetero) is 1. The van der Waals surface area contributed by atoms with Crippen molar-refractivity contribution < 1.29 is 14.4 Å². The van der Waals surface area contributed by atoms with Crippen molar-refractivity contribution in [1.82, 2.24) is 4.98 Å². The third-order valence-electron chi connectivity index (χ3n) is 6.73. The molecule has 0 amide bonds. The van der Waals surface area contributed by atoms with Crippen molar-refractivity contribution in [2.24, 2.45) is 5.16 Å². The monoisotopic (exact) mass is 434 g/mol. The number of carbonyl (C=O) groups is 1. The summed E-state index contributed by atoms with van der Waals surface area (Å²) in [5, 5.41) is 5.46. The fourth-order valence-electron chi connectivity index (χ4n) is 5.14. The highest BCUT2D eigenvalue weighted by atomic mass is 16.7. The van der Waals surface area contributed by atoms with Crippen LogP contribution < -0.4 is 4.74 Å². The number of aryl methyl sites for hydroxylation is 1. The lowest BCUT2D eigenvalue weighted by Gasteiger charge is -2.36. The molecule has 1 spiro atoms. The summed E-state index contributed by atoms with van der Waals surface area (Å²) in [6.45, 7) is 0.